The van der Waals surface area contributed by atoms with Crippen molar-refractivity contribution < 1.29 is 4.79 Å². The lowest BCUT2D eigenvalue weighted by atomic mass is 9.94. The van der Waals surface area contributed by atoms with Gasteiger partial charge in [-0.3, -0.25) is 4.79 Å². The summed E-state index contributed by atoms with van der Waals surface area (Å²) in [4.78, 5) is 10.9. The van der Waals surface area contributed by atoms with E-state index in [0.29, 0.717) is 0 Å². The lowest BCUT2D eigenvalue weighted by molar-refractivity contribution is -0.119. The summed E-state index contributed by atoms with van der Waals surface area (Å²) >= 11 is 0. The highest BCUT2D eigenvalue weighted by Crippen LogP contribution is 2.16. The van der Waals surface area contributed by atoms with Gasteiger partial charge in [0.1, 0.15) is 5.78 Å². The van der Waals surface area contributed by atoms with Gasteiger partial charge in [0, 0.05) is 5.92 Å². The van der Waals surface area contributed by atoms with Crippen LogP contribution in [-0.2, 0) is 4.79 Å². The van der Waals surface area contributed by atoms with Crippen LogP contribution in [0.15, 0.2) is 23.8 Å². The van der Waals surface area contributed by atoms with E-state index in [1.807, 2.05) is 13.0 Å². The highest BCUT2D eigenvalue weighted by Gasteiger charge is 2.11. The second-order valence-electron chi connectivity index (χ2n) is 2.77. The Morgan fingerprint density at radius 1 is 1.70 bits per heavy atom. The van der Waals surface area contributed by atoms with Crippen LogP contribution in [0.4, 0.5) is 0 Å². The highest BCUT2D eigenvalue weighted by molar-refractivity contribution is 5.80. The molecule has 0 saturated heterocycles. The van der Waals surface area contributed by atoms with Gasteiger partial charge in [0.2, 0.25) is 0 Å². The van der Waals surface area contributed by atoms with E-state index in [2.05, 4.69) is 12.2 Å². The van der Waals surface area contributed by atoms with Gasteiger partial charge in [-0.15, -0.1) is 0 Å². The van der Waals surface area contributed by atoms with Crippen LogP contribution < -0.4 is 0 Å². The van der Waals surface area contributed by atoms with E-state index in [9.17, 15) is 4.79 Å². The molecule has 0 aromatic heterocycles. The Bertz CT molecular complexity index is 199. The highest BCUT2D eigenvalue weighted by atomic mass is 16.1. The first-order chi connectivity index (χ1) is 4.70. The van der Waals surface area contributed by atoms with E-state index in [1.165, 1.54) is 5.57 Å². The number of hydrogen-bond acceptors (Lipinski definition) is 1. The van der Waals surface area contributed by atoms with Crippen molar-refractivity contribution in [2.45, 2.75) is 20.3 Å². The summed E-state index contributed by atoms with van der Waals surface area (Å²) in [5.41, 5.74) is 1.20. The van der Waals surface area contributed by atoms with Crippen LogP contribution >= 0.6 is 0 Å². The molecule has 0 spiro atoms. The van der Waals surface area contributed by atoms with E-state index in [1.54, 1.807) is 6.92 Å². The number of allylic oxidation sites excluding steroid dienone is 4. The molecule has 0 heterocycles. The van der Waals surface area contributed by atoms with Crippen molar-refractivity contribution in [3.8, 4) is 0 Å². The van der Waals surface area contributed by atoms with Gasteiger partial charge in [-0.2, -0.15) is 0 Å². The van der Waals surface area contributed by atoms with E-state index in [4.69, 9.17) is 0 Å². The molecule has 1 heteroatoms. The van der Waals surface area contributed by atoms with Crippen LogP contribution in [0.5, 0.6) is 0 Å². The van der Waals surface area contributed by atoms with Crippen molar-refractivity contribution in [3.63, 3.8) is 0 Å². The van der Waals surface area contributed by atoms with Gasteiger partial charge in [-0.05, 0) is 20.3 Å². The van der Waals surface area contributed by atoms with Crippen LogP contribution in [0, 0.1) is 5.92 Å². The zero-order chi connectivity index (χ0) is 7.56. The number of hydrogen-bond donors (Lipinski definition) is 0. The molecule has 1 rings (SSSR count). The van der Waals surface area contributed by atoms with E-state index in [0.717, 1.165) is 6.42 Å². The van der Waals surface area contributed by atoms with Crippen molar-refractivity contribution in [1.82, 2.24) is 0 Å². The molecule has 0 fully saturated rings. The van der Waals surface area contributed by atoms with Gasteiger partial charge in [0.15, 0.2) is 0 Å². The molecule has 0 N–H and O–H groups in total. The molecule has 0 bridgehead atoms. The molecule has 1 aliphatic carbocycles. The second kappa shape index (κ2) is 2.82. The van der Waals surface area contributed by atoms with Crippen molar-refractivity contribution in [2.75, 3.05) is 0 Å². The summed E-state index contributed by atoms with van der Waals surface area (Å²) in [6, 6.07) is 0. The molecule has 0 amide bonds. The summed E-state index contributed by atoms with van der Waals surface area (Å²) in [7, 11) is 0. The monoisotopic (exact) mass is 136 g/mol. The number of ketones is 1. The molecule has 0 aromatic rings. The van der Waals surface area contributed by atoms with E-state index in [-0.39, 0.29) is 11.7 Å². The average Bonchev–Trinajstić information content (AvgIpc) is 1.88. The third kappa shape index (κ3) is 1.56. The Morgan fingerprint density at radius 3 is 2.80 bits per heavy atom. The van der Waals surface area contributed by atoms with Gasteiger partial charge in [0.25, 0.3) is 0 Å². The largest absolute Gasteiger partial charge is 0.299 e. The van der Waals surface area contributed by atoms with E-state index < -0.39 is 0 Å². The molecule has 0 aliphatic heterocycles. The van der Waals surface area contributed by atoms with Gasteiger partial charge >= 0.3 is 0 Å². The summed E-state index contributed by atoms with van der Waals surface area (Å²) in [6.45, 7) is 3.67. The van der Waals surface area contributed by atoms with Crippen LogP contribution in [0.3, 0.4) is 0 Å². The van der Waals surface area contributed by atoms with Crippen LogP contribution in [0.25, 0.3) is 0 Å². The average molecular weight is 136 g/mol. The Kier molecular flexibility index (Phi) is 2.05. The quantitative estimate of drug-likeness (QED) is 0.539. The Labute approximate surface area is 61.4 Å². The van der Waals surface area contributed by atoms with Crippen molar-refractivity contribution in [3.05, 3.63) is 23.8 Å². The topological polar surface area (TPSA) is 17.1 Å². The Balaban J connectivity index is 2.69. The van der Waals surface area contributed by atoms with Crippen LogP contribution in [0.2, 0.25) is 0 Å². The van der Waals surface area contributed by atoms with Gasteiger partial charge in [0.05, 0.1) is 0 Å². The first kappa shape index (κ1) is 7.26. The molecule has 10 heavy (non-hydrogen) atoms. The minimum Gasteiger partial charge on any atom is -0.299 e. The predicted octanol–water partition coefficient (Wildman–Crippen LogP) is 2.10. The van der Waals surface area contributed by atoms with E-state index >= 15 is 0 Å². The normalized spacial score (nSPS) is 24.2. The molecular formula is C9H12O. The van der Waals surface area contributed by atoms with Crippen molar-refractivity contribution in [2.24, 2.45) is 5.92 Å². The molecule has 0 aromatic carbocycles. The molecule has 1 aliphatic rings. The summed E-state index contributed by atoms with van der Waals surface area (Å²) in [5.74, 6) is 0.411. The second-order valence-corrected chi connectivity index (χ2v) is 2.77. The fourth-order valence-electron chi connectivity index (χ4n) is 1.12. The maximum Gasteiger partial charge on any atom is 0.136 e. The molecule has 1 nitrogen and oxygen atoms in total. The first-order valence-electron chi connectivity index (χ1n) is 3.55. The smallest absolute Gasteiger partial charge is 0.136 e. The minimum absolute atomic E-state index is 0.144. The fourth-order valence-corrected chi connectivity index (χ4v) is 1.12. The van der Waals surface area contributed by atoms with Crippen LogP contribution in [-0.4, -0.2) is 5.78 Å². The Morgan fingerprint density at radius 2 is 2.40 bits per heavy atom. The molecule has 1 atom stereocenters. The lowest BCUT2D eigenvalue weighted by Crippen LogP contribution is -2.08. The Hall–Kier alpha value is -0.850. The first-order valence-corrected chi connectivity index (χ1v) is 3.55. The number of rotatable bonds is 1. The zero-order valence-corrected chi connectivity index (χ0v) is 6.42. The zero-order valence-electron chi connectivity index (χ0n) is 6.42. The molecule has 0 saturated carbocycles. The van der Waals surface area contributed by atoms with Crippen molar-refractivity contribution in [1.29, 1.82) is 0 Å². The maximum atomic E-state index is 10.9. The molecule has 54 valence electrons. The minimum atomic E-state index is 0.144. The summed E-state index contributed by atoms with van der Waals surface area (Å²) < 4.78 is 0. The van der Waals surface area contributed by atoms with Gasteiger partial charge in [-0.1, -0.05) is 23.8 Å². The number of carbonyl (C=O) groups excluding carboxylic acids is 1. The van der Waals surface area contributed by atoms with Crippen molar-refractivity contribution >= 4 is 5.78 Å². The molecular weight excluding hydrogens is 124 g/mol. The number of carbonyl (C=O) groups is 1. The summed E-state index contributed by atoms with van der Waals surface area (Å²) in [6.07, 6.45) is 7.02. The maximum absolute atomic E-state index is 10.9. The predicted molar refractivity (Wildman–Crippen MR) is 41.7 cm³/mol. The van der Waals surface area contributed by atoms with Gasteiger partial charge < -0.3 is 0 Å². The summed E-state index contributed by atoms with van der Waals surface area (Å²) in [5, 5.41) is 0. The molecule has 0 radical (unpaired) electrons. The van der Waals surface area contributed by atoms with Gasteiger partial charge in [-0.25, -0.2) is 0 Å². The standard InChI is InChI=1S/C9H12O/c1-7-4-3-5-9(6-7)8(2)10/h3-4,6,9H,5H2,1-2H3. The fraction of sp³-hybridized carbons (Fsp3) is 0.444. The molecule has 1 unspecified atom stereocenters. The van der Waals surface area contributed by atoms with Crippen LogP contribution in [0.1, 0.15) is 20.3 Å². The number of Topliss-reactive ketones (excluding diaryl/α,β-unsaturated/α-hetero) is 1. The lowest BCUT2D eigenvalue weighted by Gasteiger charge is -2.10. The SMILES string of the molecule is CC(=O)C1C=C(C)C=CC1. The third-order valence-electron chi connectivity index (χ3n) is 1.76. The third-order valence-corrected chi connectivity index (χ3v) is 1.76.